The molecule has 3 rings (SSSR count). The number of carbonyl (C=O) groups excluding carboxylic acids is 2. The highest BCUT2D eigenvalue weighted by molar-refractivity contribution is 5.94. The van der Waals surface area contributed by atoms with Crippen molar-refractivity contribution in [3.05, 3.63) is 29.8 Å². The van der Waals surface area contributed by atoms with E-state index >= 15 is 0 Å². The van der Waals surface area contributed by atoms with E-state index in [1.807, 2.05) is 17.0 Å². The van der Waals surface area contributed by atoms with Crippen LogP contribution in [0.2, 0.25) is 0 Å². The van der Waals surface area contributed by atoms with Crippen molar-refractivity contribution in [2.75, 3.05) is 47.0 Å². The first kappa shape index (κ1) is 21.5. The zero-order valence-corrected chi connectivity index (χ0v) is 17.2. The average molecular weight is 405 g/mol. The smallest absolute Gasteiger partial charge is 0.253 e. The van der Waals surface area contributed by atoms with Gasteiger partial charge in [0.1, 0.15) is 5.75 Å². The molecule has 29 heavy (non-hydrogen) atoms. The molecule has 2 fully saturated rings. The molecule has 0 aliphatic carbocycles. The third kappa shape index (κ3) is 5.26. The maximum atomic E-state index is 12.8. The highest BCUT2D eigenvalue weighted by Gasteiger charge is 2.40. The summed E-state index contributed by atoms with van der Waals surface area (Å²) in [5.74, 6) is 0.602. The van der Waals surface area contributed by atoms with E-state index in [1.54, 1.807) is 26.4 Å². The van der Waals surface area contributed by atoms with Gasteiger partial charge in [0.15, 0.2) is 0 Å². The van der Waals surface area contributed by atoms with E-state index in [-0.39, 0.29) is 23.9 Å². The largest absolute Gasteiger partial charge is 0.497 e. The monoisotopic (exact) mass is 405 g/mol. The van der Waals surface area contributed by atoms with Crippen molar-refractivity contribution < 1.29 is 24.2 Å². The number of amides is 2. The average Bonchev–Trinajstić information content (AvgIpc) is 3.15. The zero-order valence-electron chi connectivity index (χ0n) is 17.2. The van der Waals surface area contributed by atoms with Gasteiger partial charge in [0.25, 0.3) is 5.91 Å². The number of aliphatic hydroxyl groups is 1. The zero-order chi connectivity index (χ0) is 20.8. The minimum atomic E-state index is -0.496. The van der Waals surface area contributed by atoms with Gasteiger partial charge >= 0.3 is 0 Å². The molecule has 8 heteroatoms. The first-order chi connectivity index (χ1) is 14.0. The molecule has 160 valence electrons. The van der Waals surface area contributed by atoms with Crippen molar-refractivity contribution >= 4 is 11.8 Å². The van der Waals surface area contributed by atoms with Gasteiger partial charge in [-0.05, 0) is 37.5 Å². The highest BCUT2D eigenvalue weighted by Crippen LogP contribution is 2.27. The molecule has 0 aromatic heterocycles. The van der Waals surface area contributed by atoms with E-state index in [2.05, 4.69) is 10.2 Å². The first-order valence-corrected chi connectivity index (χ1v) is 10.2. The predicted octanol–water partition coefficient (Wildman–Crippen LogP) is 0.498. The summed E-state index contributed by atoms with van der Waals surface area (Å²) in [5.41, 5.74) is 0.620. The number of benzene rings is 1. The molecule has 2 aliphatic heterocycles. The Hall–Kier alpha value is -2.16. The molecule has 1 aromatic rings. The van der Waals surface area contributed by atoms with Crippen LogP contribution in [0.25, 0.3) is 0 Å². The predicted molar refractivity (Wildman–Crippen MR) is 108 cm³/mol. The Bertz CT molecular complexity index is 705. The van der Waals surface area contributed by atoms with Crippen molar-refractivity contribution in [1.82, 2.24) is 15.1 Å². The summed E-state index contributed by atoms with van der Waals surface area (Å²) < 4.78 is 10.2. The van der Waals surface area contributed by atoms with E-state index in [0.29, 0.717) is 50.5 Å². The van der Waals surface area contributed by atoms with Crippen LogP contribution in [0.5, 0.6) is 5.75 Å². The van der Waals surface area contributed by atoms with E-state index in [4.69, 9.17) is 9.47 Å². The molecule has 2 heterocycles. The maximum Gasteiger partial charge on any atom is 0.253 e. The Kier molecular flexibility index (Phi) is 7.46. The van der Waals surface area contributed by atoms with E-state index in [9.17, 15) is 14.7 Å². The molecule has 2 N–H and O–H groups in total. The number of ether oxygens (including phenoxy) is 2. The van der Waals surface area contributed by atoms with Gasteiger partial charge in [0.2, 0.25) is 5.91 Å². The SMILES string of the molecule is COCCNC(=O)[C@@H]1C[C@@H](O)CN1C1CCN(C(=O)c2cccc(OC)c2)CC1. The summed E-state index contributed by atoms with van der Waals surface area (Å²) in [6.07, 6.45) is 1.51. The van der Waals surface area contributed by atoms with Crippen LogP contribution < -0.4 is 10.1 Å². The number of carbonyl (C=O) groups is 2. The summed E-state index contributed by atoms with van der Waals surface area (Å²) in [4.78, 5) is 29.3. The van der Waals surface area contributed by atoms with Crippen molar-refractivity contribution in [1.29, 1.82) is 0 Å². The van der Waals surface area contributed by atoms with Crippen molar-refractivity contribution in [2.45, 2.75) is 37.5 Å². The fourth-order valence-electron chi connectivity index (χ4n) is 4.23. The van der Waals surface area contributed by atoms with Gasteiger partial charge in [0, 0.05) is 44.9 Å². The molecule has 2 aliphatic rings. The summed E-state index contributed by atoms with van der Waals surface area (Å²) in [6, 6.07) is 7.04. The first-order valence-electron chi connectivity index (χ1n) is 10.2. The molecule has 2 saturated heterocycles. The number of aliphatic hydroxyl groups excluding tert-OH is 1. The number of β-amino-alcohol motifs (C(OH)–C–C–N with tert-alkyl or cyclic N) is 1. The van der Waals surface area contributed by atoms with Gasteiger partial charge in [-0.25, -0.2) is 0 Å². The van der Waals surface area contributed by atoms with Gasteiger partial charge < -0.3 is 24.8 Å². The lowest BCUT2D eigenvalue weighted by Gasteiger charge is -2.39. The lowest BCUT2D eigenvalue weighted by atomic mass is 10.0. The van der Waals surface area contributed by atoms with Crippen LogP contribution in [0.1, 0.15) is 29.6 Å². The maximum absolute atomic E-state index is 12.8. The summed E-state index contributed by atoms with van der Waals surface area (Å²) >= 11 is 0. The van der Waals surface area contributed by atoms with Crippen LogP contribution in [0.15, 0.2) is 24.3 Å². The Morgan fingerprint density at radius 1 is 1.24 bits per heavy atom. The number of nitrogens with one attached hydrogen (secondary N) is 1. The number of hydrogen-bond acceptors (Lipinski definition) is 6. The minimum Gasteiger partial charge on any atom is -0.497 e. The van der Waals surface area contributed by atoms with Crippen molar-refractivity contribution in [2.24, 2.45) is 0 Å². The Labute approximate surface area is 171 Å². The number of piperidine rings is 1. The molecule has 1 aromatic carbocycles. The molecule has 0 unspecified atom stereocenters. The summed E-state index contributed by atoms with van der Waals surface area (Å²) in [6.45, 7) is 2.68. The van der Waals surface area contributed by atoms with Gasteiger partial charge in [0.05, 0.1) is 25.9 Å². The molecule has 8 nitrogen and oxygen atoms in total. The molecule has 0 bridgehead atoms. The van der Waals surface area contributed by atoms with E-state index in [1.165, 1.54) is 0 Å². The summed E-state index contributed by atoms with van der Waals surface area (Å²) in [5, 5.41) is 13.0. The van der Waals surface area contributed by atoms with Crippen LogP contribution in [0, 0.1) is 0 Å². The molecular formula is C21H31N3O5. The molecule has 0 spiro atoms. The number of methoxy groups -OCH3 is 2. The van der Waals surface area contributed by atoms with Crippen molar-refractivity contribution in [3.8, 4) is 5.75 Å². The quantitative estimate of drug-likeness (QED) is 0.642. The number of hydrogen-bond donors (Lipinski definition) is 2. The van der Waals surface area contributed by atoms with Gasteiger partial charge in [-0.1, -0.05) is 6.07 Å². The van der Waals surface area contributed by atoms with Crippen LogP contribution in [-0.2, 0) is 9.53 Å². The lowest BCUT2D eigenvalue weighted by molar-refractivity contribution is -0.126. The van der Waals surface area contributed by atoms with Crippen LogP contribution in [0.4, 0.5) is 0 Å². The minimum absolute atomic E-state index is 0.00216. The van der Waals surface area contributed by atoms with Gasteiger partial charge in [-0.15, -0.1) is 0 Å². The summed E-state index contributed by atoms with van der Waals surface area (Å²) in [7, 11) is 3.18. The second-order valence-electron chi connectivity index (χ2n) is 7.64. The van der Waals surface area contributed by atoms with Crippen LogP contribution in [-0.4, -0.2) is 91.9 Å². The highest BCUT2D eigenvalue weighted by atomic mass is 16.5. The lowest BCUT2D eigenvalue weighted by Crippen LogP contribution is -2.52. The van der Waals surface area contributed by atoms with Crippen LogP contribution >= 0.6 is 0 Å². The number of nitrogens with zero attached hydrogens (tertiary/aromatic N) is 2. The molecule has 2 amide bonds. The molecule has 2 atom stereocenters. The second-order valence-corrected chi connectivity index (χ2v) is 7.64. The fraction of sp³-hybridized carbons (Fsp3) is 0.619. The van der Waals surface area contributed by atoms with Crippen LogP contribution in [0.3, 0.4) is 0 Å². The van der Waals surface area contributed by atoms with E-state index in [0.717, 1.165) is 12.8 Å². The fourth-order valence-corrected chi connectivity index (χ4v) is 4.23. The molecule has 0 saturated carbocycles. The standard InChI is InChI=1S/C21H31N3O5/c1-28-11-8-22-20(26)19-13-17(25)14-24(19)16-6-9-23(10-7-16)21(27)15-4-3-5-18(12-15)29-2/h3-5,12,16-17,19,25H,6-11,13-14H2,1-2H3,(H,22,26)/t17-,19+/m1/s1. The third-order valence-corrected chi connectivity index (χ3v) is 5.76. The molecular weight excluding hydrogens is 374 g/mol. The number of likely N-dealkylation sites (tertiary alicyclic amines) is 2. The van der Waals surface area contributed by atoms with Gasteiger partial charge in [-0.3, -0.25) is 14.5 Å². The normalized spacial score (nSPS) is 23.2. The molecule has 0 radical (unpaired) electrons. The van der Waals surface area contributed by atoms with Gasteiger partial charge in [-0.2, -0.15) is 0 Å². The topological polar surface area (TPSA) is 91.3 Å². The Morgan fingerprint density at radius 3 is 2.69 bits per heavy atom. The Balaban J connectivity index is 1.57. The third-order valence-electron chi connectivity index (χ3n) is 5.76. The number of rotatable bonds is 7. The van der Waals surface area contributed by atoms with Crippen molar-refractivity contribution in [3.63, 3.8) is 0 Å². The second kappa shape index (κ2) is 10.0. The van der Waals surface area contributed by atoms with E-state index < -0.39 is 6.10 Å². The Morgan fingerprint density at radius 2 is 2.00 bits per heavy atom.